The Kier molecular flexibility index (Phi) is 5.10. The van der Waals surface area contributed by atoms with Crippen molar-refractivity contribution in [2.24, 2.45) is 0 Å². The Bertz CT molecular complexity index is 568. The van der Waals surface area contributed by atoms with Crippen molar-refractivity contribution < 1.29 is 14.6 Å². The summed E-state index contributed by atoms with van der Waals surface area (Å²) >= 11 is 6.05. The molecule has 1 aromatic carbocycles. The predicted octanol–water partition coefficient (Wildman–Crippen LogP) is 2.48. The SMILES string of the molecule is COc1cc(N)c(Cl)cc1C(=O)N1C2CCC1CC(O)C2.Cl. The summed E-state index contributed by atoms with van der Waals surface area (Å²) in [6.07, 6.45) is 2.88. The predicted molar refractivity (Wildman–Crippen MR) is 87.9 cm³/mol. The minimum absolute atomic E-state index is 0. The first-order chi connectivity index (χ1) is 10.0. The zero-order valence-corrected chi connectivity index (χ0v) is 13.9. The average Bonchev–Trinajstić information content (AvgIpc) is 2.72. The van der Waals surface area contributed by atoms with E-state index in [4.69, 9.17) is 22.1 Å². The first-order valence-electron chi connectivity index (χ1n) is 7.15. The number of carbonyl (C=O) groups excluding carboxylic acids is 1. The number of rotatable bonds is 2. The first-order valence-corrected chi connectivity index (χ1v) is 7.52. The molecule has 7 heteroatoms. The number of halogens is 2. The van der Waals surface area contributed by atoms with E-state index in [1.54, 1.807) is 12.1 Å². The van der Waals surface area contributed by atoms with Gasteiger partial charge in [0.1, 0.15) is 5.75 Å². The van der Waals surface area contributed by atoms with Gasteiger partial charge in [-0.1, -0.05) is 11.6 Å². The Morgan fingerprint density at radius 1 is 1.36 bits per heavy atom. The zero-order valence-electron chi connectivity index (χ0n) is 12.3. The molecule has 1 amide bonds. The maximum atomic E-state index is 12.9. The summed E-state index contributed by atoms with van der Waals surface area (Å²) < 4.78 is 5.27. The number of benzene rings is 1. The number of amides is 1. The molecular formula is C15H20Cl2N2O3. The second-order valence-electron chi connectivity index (χ2n) is 5.80. The minimum atomic E-state index is -0.302. The van der Waals surface area contributed by atoms with E-state index in [1.165, 1.54) is 7.11 Å². The first kappa shape index (κ1) is 17.2. The monoisotopic (exact) mass is 346 g/mol. The van der Waals surface area contributed by atoms with Gasteiger partial charge in [0.25, 0.3) is 5.91 Å². The maximum Gasteiger partial charge on any atom is 0.258 e. The lowest BCUT2D eigenvalue weighted by Crippen LogP contribution is -2.48. The van der Waals surface area contributed by atoms with Crippen molar-refractivity contribution in [3.05, 3.63) is 22.7 Å². The van der Waals surface area contributed by atoms with Crippen LogP contribution in [0.5, 0.6) is 5.75 Å². The van der Waals surface area contributed by atoms with E-state index in [0.717, 1.165) is 12.8 Å². The van der Waals surface area contributed by atoms with E-state index < -0.39 is 0 Å². The number of fused-ring (bicyclic) bond motifs is 2. The molecule has 2 aliphatic heterocycles. The third-order valence-electron chi connectivity index (χ3n) is 4.49. The molecule has 2 aliphatic rings. The summed E-state index contributed by atoms with van der Waals surface area (Å²) in [6, 6.07) is 3.36. The quantitative estimate of drug-likeness (QED) is 0.806. The molecule has 0 radical (unpaired) electrons. The number of aliphatic hydroxyl groups is 1. The van der Waals surface area contributed by atoms with Crippen LogP contribution in [0, 0.1) is 0 Å². The van der Waals surface area contributed by atoms with Gasteiger partial charge >= 0.3 is 0 Å². The van der Waals surface area contributed by atoms with Crippen LogP contribution in [-0.4, -0.2) is 41.2 Å². The van der Waals surface area contributed by atoms with Gasteiger partial charge < -0.3 is 20.5 Å². The molecule has 2 saturated heterocycles. The van der Waals surface area contributed by atoms with E-state index in [9.17, 15) is 9.90 Å². The van der Waals surface area contributed by atoms with Crippen LogP contribution in [0.3, 0.4) is 0 Å². The fourth-order valence-corrected chi connectivity index (χ4v) is 3.69. The highest BCUT2D eigenvalue weighted by Gasteiger charge is 2.43. The molecule has 0 aromatic heterocycles. The smallest absolute Gasteiger partial charge is 0.258 e. The largest absolute Gasteiger partial charge is 0.496 e. The van der Waals surface area contributed by atoms with E-state index >= 15 is 0 Å². The highest BCUT2D eigenvalue weighted by Crippen LogP contribution is 2.39. The number of nitrogen functional groups attached to an aromatic ring is 1. The standard InChI is InChI=1S/C15H19ClN2O3.ClH/c1-21-14-7-13(17)12(16)6-11(14)15(20)18-8-2-3-9(18)5-10(19)4-8;/h6-10,19H,2-5,17H2,1H3;1H. The van der Waals surface area contributed by atoms with Gasteiger partial charge in [-0.2, -0.15) is 0 Å². The zero-order chi connectivity index (χ0) is 15.1. The molecule has 5 nitrogen and oxygen atoms in total. The summed E-state index contributed by atoms with van der Waals surface area (Å²) in [4.78, 5) is 14.8. The van der Waals surface area contributed by atoms with Gasteiger partial charge in [-0.25, -0.2) is 0 Å². The van der Waals surface area contributed by atoms with Crippen LogP contribution in [0.15, 0.2) is 12.1 Å². The fraction of sp³-hybridized carbons (Fsp3) is 0.533. The molecule has 2 heterocycles. The lowest BCUT2D eigenvalue weighted by atomic mass is 9.98. The third kappa shape index (κ3) is 2.85. The van der Waals surface area contributed by atoms with Crippen molar-refractivity contribution in [2.45, 2.75) is 43.9 Å². The van der Waals surface area contributed by atoms with Crippen LogP contribution in [0.4, 0.5) is 5.69 Å². The molecule has 3 rings (SSSR count). The number of nitrogens with two attached hydrogens (primary N) is 1. The molecule has 0 aliphatic carbocycles. The molecule has 3 N–H and O–H groups in total. The molecule has 2 bridgehead atoms. The van der Waals surface area contributed by atoms with Gasteiger partial charge in [-0.15, -0.1) is 12.4 Å². The van der Waals surface area contributed by atoms with Crippen molar-refractivity contribution in [1.29, 1.82) is 0 Å². The molecule has 2 unspecified atom stereocenters. The Hall–Kier alpha value is -1.17. The van der Waals surface area contributed by atoms with Crippen molar-refractivity contribution in [1.82, 2.24) is 4.90 Å². The number of anilines is 1. The van der Waals surface area contributed by atoms with Gasteiger partial charge in [0.15, 0.2) is 0 Å². The molecule has 2 fully saturated rings. The summed E-state index contributed by atoms with van der Waals surface area (Å²) in [5.41, 5.74) is 6.58. The van der Waals surface area contributed by atoms with E-state index in [1.807, 2.05) is 4.90 Å². The number of hydrogen-bond acceptors (Lipinski definition) is 4. The lowest BCUT2D eigenvalue weighted by Gasteiger charge is -2.37. The molecule has 0 saturated carbocycles. The normalized spacial score (nSPS) is 26.5. The second-order valence-corrected chi connectivity index (χ2v) is 6.20. The maximum absolute atomic E-state index is 12.9. The highest BCUT2D eigenvalue weighted by atomic mass is 35.5. The Morgan fingerprint density at radius 2 is 1.95 bits per heavy atom. The highest BCUT2D eigenvalue weighted by molar-refractivity contribution is 6.33. The van der Waals surface area contributed by atoms with Crippen molar-refractivity contribution in [3.8, 4) is 5.75 Å². The molecule has 0 spiro atoms. The van der Waals surface area contributed by atoms with Crippen molar-refractivity contribution in [2.75, 3.05) is 12.8 Å². The molecule has 22 heavy (non-hydrogen) atoms. The van der Waals surface area contributed by atoms with Crippen LogP contribution in [0.2, 0.25) is 5.02 Å². The Balaban J connectivity index is 0.00000176. The van der Waals surface area contributed by atoms with Gasteiger partial charge in [-0.05, 0) is 31.7 Å². The average molecular weight is 347 g/mol. The van der Waals surface area contributed by atoms with Crippen LogP contribution in [0.25, 0.3) is 0 Å². The van der Waals surface area contributed by atoms with E-state index in [-0.39, 0.29) is 36.5 Å². The molecule has 122 valence electrons. The number of ether oxygens (including phenoxy) is 1. The second kappa shape index (κ2) is 6.52. The van der Waals surface area contributed by atoms with Crippen LogP contribution in [0.1, 0.15) is 36.0 Å². The summed E-state index contributed by atoms with van der Waals surface area (Å²) in [5.74, 6) is 0.348. The van der Waals surface area contributed by atoms with Crippen molar-refractivity contribution >= 4 is 35.6 Å². The van der Waals surface area contributed by atoms with E-state index in [2.05, 4.69) is 0 Å². The molecule has 1 aromatic rings. The summed E-state index contributed by atoms with van der Waals surface area (Å²) in [6.45, 7) is 0. The van der Waals surface area contributed by atoms with Crippen LogP contribution >= 0.6 is 24.0 Å². The topological polar surface area (TPSA) is 75.8 Å². The number of methoxy groups -OCH3 is 1. The number of aliphatic hydroxyl groups excluding tert-OH is 1. The Labute approximate surface area is 140 Å². The number of nitrogens with zero attached hydrogens (tertiary/aromatic N) is 1. The number of carbonyl (C=O) groups is 1. The molecule has 2 atom stereocenters. The van der Waals surface area contributed by atoms with Crippen LogP contribution in [-0.2, 0) is 0 Å². The number of hydrogen-bond donors (Lipinski definition) is 2. The third-order valence-corrected chi connectivity index (χ3v) is 4.82. The number of piperidine rings is 1. The minimum Gasteiger partial charge on any atom is -0.496 e. The van der Waals surface area contributed by atoms with E-state index in [0.29, 0.717) is 34.9 Å². The van der Waals surface area contributed by atoms with Gasteiger partial charge in [0.2, 0.25) is 0 Å². The van der Waals surface area contributed by atoms with Gasteiger partial charge in [-0.3, -0.25) is 4.79 Å². The summed E-state index contributed by atoms with van der Waals surface area (Å²) in [7, 11) is 1.51. The Morgan fingerprint density at radius 3 is 2.50 bits per heavy atom. The van der Waals surface area contributed by atoms with Gasteiger partial charge in [0, 0.05) is 18.2 Å². The van der Waals surface area contributed by atoms with Gasteiger partial charge in [0.05, 0.1) is 29.5 Å². The lowest BCUT2D eigenvalue weighted by molar-refractivity contribution is 0.0285. The van der Waals surface area contributed by atoms with Crippen molar-refractivity contribution in [3.63, 3.8) is 0 Å². The summed E-state index contributed by atoms with van der Waals surface area (Å²) in [5, 5.41) is 10.2. The molecular weight excluding hydrogens is 327 g/mol. The van der Waals surface area contributed by atoms with Crippen LogP contribution < -0.4 is 10.5 Å². The fourth-order valence-electron chi connectivity index (χ4n) is 3.52.